The van der Waals surface area contributed by atoms with E-state index in [9.17, 15) is 43.5 Å². The number of rotatable bonds is 13. The third-order valence-electron chi connectivity index (χ3n) is 5.69. The molecule has 216 valence electrons. The van der Waals surface area contributed by atoms with Crippen LogP contribution in [0.4, 0.5) is 11.4 Å². The van der Waals surface area contributed by atoms with Crippen LogP contribution in [-0.2, 0) is 38.4 Å². The summed E-state index contributed by atoms with van der Waals surface area (Å²) in [5.74, 6) is -6.85. The van der Waals surface area contributed by atoms with Crippen molar-refractivity contribution in [2.24, 2.45) is 0 Å². The van der Waals surface area contributed by atoms with Crippen molar-refractivity contribution >= 4 is 59.1 Å². The highest BCUT2D eigenvalue weighted by Crippen LogP contribution is 2.32. The molecular weight excluding hydrogens is 534 g/mol. The number of amides is 5. The third kappa shape index (κ3) is 8.59. The molecule has 3 atom stereocenters. The number of aliphatic hydroxyl groups excluding tert-OH is 1. The van der Waals surface area contributed by atoms with Crippen molar-refractivity contribution in [1.29, 1.82) is 0 Å². The predicted molar refractivity (Wildman–Crippen MR) is 135 cm³/mol. The zero-order valence-corrected chi connectivity index (χ0v) is 21.4. The van der Waals surface area contributed by atoms with E-state index in [1.54, 1.807) is 0 Å². The molecule has 16 nitrogen and oxygen atoms in total. The molecule has 0 saturated carbocycles. The van der Waals surface area contributed by atoms with Gasteiger partial charge in [0.05, 0.1) is 30.4 Å². The number of fused-ring (bicyclic) bond motifs is 1. The van der Waals surface area contributed by atoms with Crippen LogP contribution in [0.15, 0.2) is 24.3 Å². The summed E-state index contributed by atoms with van der Waals surface area (Å²) in [6, 6.07) is 1.56. The first kappa shape index (κ1) is 31.4. The van der Waals surface area contributed by atoms with Crippen molar-refractivity contribution in [3.05, 3.63) is 24.3 Å². The largest absolute Gasteiger partial charge is 0.481 e. The Kier molecular flexibility index (Phi) is 11.2. The van der Waals surface area contributed by atoms with E-state index < -0.39 is 92.1 Å². The number of carboxylic acids is 2. The molecule has 0 fully saturated rings. The van der Waals surface area contributed by atoms with Crippen molar-refractivity contribution in [3.63, 3.8) is 0 Å². The number of carbonyl (C=O) groups excluding carboxylic acids is 6. The first-order valence-electron chi connectivity index (χ1n) is 11.9. The molecular formula is C24H29N5O11. The summed E-state index contributed by atoms with van der Waals surface area (Å²) in [6.45, 7) is -1.11. The van der Waals surface area contributed by atoms with E-state index in [2.05, 4.69) is 16.0 Å². The van der Waals surface area contributed by atoms with Gasteiger partial charge in [-0.15, -0.1) is 0 Å². The lowest BCUT2D eigenvalue weighted by atomic mass is 10.1. The van der Waals surface area contributed by atoms with Crippen LogP contribution >= 0.6 is 0 Å². The molecule has 1 aliphatic heterocycles. The quantitative estimate of drug-likeness (QED) is 0.136. The normalized spacial score (nSPS) is 16.1. The van der Waals surface area contributed by atoms with Crippen LogP contribution in [0.5, 0.6) is 0 Å². The first-order valence-corrected chi connectivity index (χ1v) is 11.9. The number of hydrogen-bond acceptors (Lipinski definition) is 9. The topological polar surface area (TPSA) is 240 Å². The molecule has 0 spiro atoms. The standard InChI is InChI=1S/C24H29N5O11/c1-13(32)25-15(6-7-21(35)36)23(39)27-16-9-28(20(34)12-31)17-4-2-3-5-18(17)29(24(16)40)10-19(33)26-14(11-30)8-22(37)38/h2-5,11,14-16,31H,6-10,12H2,1H3,(H,25,32)(H,26,33)(H,27,39)(H,35,36)(H,37,38)/t14-,15?,16-/m0/s1. The van der Waals surface area contributed by atoms with E-state index in [1.807, 2.05) is 0 Å². The maximum Gasteiger partial charge on any atom is 0.305 e. The number of anilines is 2. The van der Waals surface area contributed by atoms with Gasteiger partial charge in [-0.2, -0.15) is 0 Å². The van der Waals surface area contributed by atoms with E-state index in [-0.39, 0.29) is 24.1 Å². The van der Waals surface area contributed by atoms with E-state index in [0.717, 1.165) is 16.7 Å². The average Bonchev–Trinajstić information content (AvgIpc) is 3.00. The van der Waals surface area contributed by atoms with Gasteiger partial charge in [0.15, 0.2) is 0 Å². The molecule has 1 heterocycles. The summed E-state index contributed by atoms with van der Waals surface area (Å²) in [5.41, 5.74) is 0.132. The van der Waals surface area contributed by atoms with Crippen LogP contribution in [0, 0.1) is 0 Å². The highest BCUT2D eigenvalue weighted by atomic mass is 16.4. The summed E-state index contributed by atoms with van der Waals surface area (Å²) in [7, 11) is 0. The van der Waals surface area contributed by atoms with Crippen molar-refractivity contribution in [2.75, 3.05) is 29.5 Å². The highest BCUT2D eigenvalue weighted by molar-refractivity contribution is 6.10. The molecule has 0 aliphatic carbocycles. The van der Waals surface area contributed by atoms with E-state index >= 15 is 0 Å². The van der Waals surface area contributed by atoms with Crippen molar-refractivity contribution < 1.29 is 53.7 Å². The molecule has 0 radical (unpaired) electrons. The summed E-state index contributed by atoms with van der Waals surface area (Å²) in [5, 5.41) is 34.3. The van der Waals surface area contributed by atoms with Crippen molar-refractivity contribution in [1.82, 2.24) is 16.0 Å². The maximum atomic E-state index is 13.7. The number of aliphatic carboxylic acids is 2. The van der Waals surface area contributed by atoms with Gasteiger partial charge in [-0.3, -0.25) is 38.5 Å². The summed E-state index contributed by atoms with van der Waals surface area (Å²) in [4.78, 5) is 98.8. The first-order chi connectivity index (χ1) is 18.9. The molecule has 0 saturated heterocycles. The Morgan fingerprint density at radius 2 is 1.70 bits per heavy atom. The monoisotopic (exact) mass is 563 g/mol. The Morgan fingerprint density at radius 1 is 1.05 bits per heavy atom. The highest BCUT2D eigenvalue weighted by Gasteiger charge is 2.38. The molecule has 2 rings (SSSR count). The smallest absolute Gasteiger partial charge is 0.305 e. The van der Waals surface area contributed by atoms with Gasteiger partial charge in [0, 0.05) is 13.3 Å². The van der Waals surface area contributed by atoms with Gasteiger partial charge in [-0.25, -0.2) is 0 Å². The van der Waals surface area contributed by atoms with Gasteiger partial charge >= 0.3 is 11.9 Å². The number of nitrogens with zero attached hydrogens (tertiary/aromatic N) is 2. The number of nitrogens with one attached hydrogen (secondary N) is 3. The number of aldehydes is 1. The van der Waals surface area contributed by atoms with E-state index in [1.165, 1.54) is 24.3 Å². The van der Waals surface area contributed by atoms with Gasteiger partial charge in [0.1, 0.15) is 31.5 Å². The van der Waals surface area contributed by atoms with Gasteiger partial charge < -0.3 is 41.0 Å². The number of aliphatic hydroxyl groups is 1. The summed E-state index contributed by atoms with van der Waals surface area (Å²) in [6.07, 6.45) is -1.30. The zero-order valence-electron chi connectivity index (χ0n) is 21.4. The van der Waals surface area contributed by atoms with Crippen LogP contribution < -0.4 is 25.8 Å². The SMILES string of the molecule is CC(=O)NC(CCC(=O)O)C(=O)N[C@H]1CN(C(=O)CO)c2ccccc2N(CC(=O)N[C@H](C=O)CC(=O)O)C1=O. The van der Waals surface area contributed by atoms with Gasteiger partial charge in [0.2, 0.25) is 17.7 Å². The van der Waals surface area contributed by atoms with Gasteiger partial charge in [-0.05, 0) is 18.6 Å². The molecule has 1 unspecified atom stereocenters. The number of benzene rings is 1. The second-order valence-electron chi connectivity index (χ2n) is 8.73. The predicted octanol–water partition coefficient (Wildman–Crippen LogP) is -2.63. The number of carbonyl (C=O) groups is 8. The summed E-state index contributed by atoms with van der Waals surface area (Å²) >= 11 is 0. The molecule has 5 amide bonds. The Hall–Kier alpha value is -4.86. The fraction of sp³-hybridized carbons (Fsp3) is 0.417. The molecule has 6 N–H and O–H groups in total. The van der Waals surface area contributed by atoms with Crippen LogP contribution in [0.2, 0.25) is 0 Å². The Bertz CT molecular complexity index is 1190. The lowest BCUT2D eigenvalue weighted by Crippen LogP contribution is -2.58. The Balaban J connectivity index is 2.45. The number of carboxylic acid groups (broad SMARTS) is 2. The minimum atomic E-state index is -1.54. The Morgan fingerprint density at radius 3 is 2.25 bits per heavy atom. The van der Waals surface area contributed by atoms with E-state index in [0.29, 0.717) is 0 Å². The van der Waals surface area contributed by atoms with Crippen LogP contribution in [0.25, 0.3) is 0 Å². The second-order valence-corrected chi connectivity index (χ2v) is 8.73. The van der Waals surface area contributed by atoms with E-state index in [4.69, 9.17) is 10.2 Å². The minimum Gasteiger partial charge on any atom is -0.481 e. The molecule has 40 heavy (non-hydrogen) atoms. The Labute approximate surface area is 227 Å². The number of para-hydroxylation sites is 2. The van der Waals surface area contributed by atoms with Crippen LogP contribution in [-0.4, -0.2) is 101 Å². The fourth-order valence-corrected chi connectivity index (χ4v) is 3.95. The van der Waals surface area contributed by atoms with Crippen molar-refractivity contribution in [3.8, 4) is 0 Å². The second kappa shape index (κ2) is 14.3. The average molecular weight is 564 g/mol. The minimum absolute atomic E-state index is 0.0337. The zero-order chi connectivity index (χ0) is 30.0. The van der Waals surface area contributed by atoms with Gasteiger partial charge in [0.25, 0.3) is 11.8 Å². The molecule has 1 aromatic rings. The number of hydrogen-bond donors (Lipinski definition) is 6. The van der Waals surface area contributed by atoms with Crippen LogP contribution in [0.1, 0.15) is 26.2 Å². The van der Waals surface area contributed by atoms with Crippen LogP contribution in [0.3, 0.4) is 0 Å². The lowest BCUT2D eigenvalue weighted by molar-refractivity contribution is -0.139. The van der Waals surface area contributed by atoms with Crippen molar-refractivity contribution in [2.45, 2.75) is 44.3 Å². The van der Waals surface area contributed by atoms with Gasteiger partial charge in [-0.1, -0.05) is 12.1 Å². The summed E-state index contributed by atoms with van der Waals surface area (Å²) < 4.78 is 0. The third-order valence-corrected chi connectivity index (χ3v) is 5.69. The maximum absolute atomic E-state index is 13.7. The molecule has 0 aromatic heterocycles. The molecule has 16 heteroatoms. The molecule has 1 aliphatic rings. The lowest BCUT2D eigenvalue weighted by Gasteiger charge is -2.27. The molecule has 1 aromatic carbocycles. The molecule has 0 bridgehead atoms. The fourth-order valence-electron chi connectivity index (χ4n) is 3.95.